The molecule has 16 heavy (non-hydrogen) atoms. The average molecular weight is 225 g/mol. The maximum atomic E-state index is 11.7. The molecule has 0 spiro atoms. The van der Waals surface area contributed by atoms with Gasteiger partial charge in [-0.25, -0.2) is 9.78 Å². The van der Waals surface area contributed by atoms with E-state index in [9.17, 15) is 4.79 Å². The van der Waals surface area contributed by atoms with Crippen LogP contribution in [0, 0.1) is 5.92 Å². The van der Waals surface area contributed by atoms with Crippen molar-refractivity contribution in [3.8, 4) is 6.01 Å². The highest BCUT2D eigenvalue weighted by molar-refractivity contribution is 5.70. The summed E-state index contributed by atoms with van der Waals surface area (Å²) in [5.41, 5.74) is 0. The molecule has 1 aliphatic rings. The van der Waals surface area contributed by atoms with Gasteiger partial charge in [-0.3, -0.25) is 0 Å². The Morgan fingerprint density at radius 1 is 1.75 bits per heavy atom. The fourth-order valence-corrected chi connectivity index (χ4v) is 1.82. The predicted molar refractivity (Wildman–Crippen MR) is 56.2 cm³/mol. The first-order valence-electron chi connectivity index (χ1n) is 5.24. The molecule has 0 radical (unpaired) electrons. The van der Waals surface area contributed by atoms with Crippen molar-refractivity contribution in [1.82, 2.24) is 14.9 Å². The van der Waals surface area contributed by atoms with Gasteiger partial charge in [0.05, 0.1) is 6.61 Å². The molecule has 6 heteroatoms. The number of likely N-dealkylation sites (tertiary alicyclic amines) is 1. The zero-order valence-electron chi connectivity index (χ0n) is 9.18. The second-order valence-corrected chi connectivity index (χ2v) is 3.82. The first kappa shape index (κ1) is 10.9. The molecule has 1 unspecified atom stereocenters. The Morgan fingerprint density at radius 2 is 2.62 bits per heavy atom. The molecule has 1 aromatic heterocycles. The molecule has 0 aliphatic carbocycles. The van der Waals surface area contributed by atoms with Crippen LogP contribution in [0.1, 0.15) is 6.42 Å². The molecule has 1 amide bonds. The molecular weight excluding hydrogens is 210 g/mol. The van der Waals surface area contributed by atoms with Crippen LogP contribution in [-0.4, -0.2) is 47.8 Å². The number of hydrogen-bond acceptors (Lipinski definition) is 4. The number of carbonyl (C=O) groups is 1. The number of nitrogens with one attached hydrogen (secondary N) is 1. The van der Waals surface area contributed by atoms with Gasteiger partial charge in [-0.15, -0.1) is 0 Å². The second kappa shape index (κ2) is 4.98. The fraction of sp³-hybridized carbons (Fsp3) is 0.600. The number of rotatable bonds is 3. The van der Waals surface area contributed by atoms with Gasteiger partial charge in [0.25, 0.3) is 0 Å². The summed E-state index contributed by atoms with van der Waals surface area (Å²) in [5.74, 6) is 0.411. The number of methoxy groups -OCH3 is 1. The largest absolute Gasteiger partial charge is 0.417 e. The number of nitrogens with zero attached hydrogens (tertiary/aromatic N) is 2. The summed E-state index contributed by atoms with van der Waals surface area (Å²) in [4.78, 5) is 19.9. The summed E-state index contributed by atoms with van der Waals surface area (Å²) < 4.78 is 10.1. The molecule has 1 atom stereocenters. The summed E-state index contributed by atoms with van der Waals surface area (Å²) in [5, 5.41) is 0. The number of carbonyl (C=O) groups excluding carboxylic acids is 1. The van der Waals surface area contributed by atoms with Crippen molar-refractivity contribution in [3.05, 3.63) is 12.4 Å². The Labute approximate surface area is 93.6 Å². The van der Waals surface area contributed by atoms with E-state index in [2.05, 4.69) is 9.97 Å². The quantitative estimate of drug-likeness (QED) is 0.829. The number of ether oxygens (including phenoxy) is 2. The van der Waals surface area contributed by atoms with Gasteiger partial charge >= 0.3 is 12.1 Å². The first-order chi connectivity index (χ1) is 7.79. The van der Waals surface area contributed by atoms with Crippen LogP contribution < -0.4 is 4.74 Å². The van der Waals surface area contributed by atoms with E-state index < -0.39 is 0 Å². The molecule has 2 rings (SSSR count). The molecule has 88 valence electrons. The molecule has 1 aromatic rings. The van der Waals surface area contributed by atoms with Crippen molar-refractivity contribution >= 4 is 6.09 Å². The highest BCUT2D eigenvalue weighted by Crippen LogP contribution is 2.17. The van der Waals surface area contributed by atoms with Gasteiger partial charge < -0.3 is 19.4 Å². The molecule has 6 nitrogen and oxygen atoms in total. The van der Waals surface area contributed by atoms with Crippen LogP contribution in [0.4, 0.5) is 4.79 Å². The summed E-state index contributed by atoms with van der Waals surface area (Å²) >= 11 is 0. The van der Waals surface area contributed by atoms with Crippen molar-refractivity contribution in [2.75, 3.05) is 26.8 Å². The Bertz CT molecular complexity index is 339. The molecule has 0 aromatic carbocycles. The van der Waals surface area contributed by atoms with E-state index in [-0.39, 0.29) is 12.1 Å². The van der Waals surface area contributed by atoms with Gasteiger partial charge in [-0.05, 0) is 6.42 Å². The Kier molecular flexibility index (Phi) is 3.40. The molecule has 1 fully saturated rings. The van der Waals surface area contributed by atoms with E-state index in [1.807, 2.05) is 0 Å². The van der Waals surface area contributed by atoms with E-state index in [1.54, 1.807) is 24.4 Å². The highest BCUT2D eigenvalue weighted by Gasteiger charge is 2.27. The zero-order valence-corrected chi connectivity index (χ0v) is 9.18. The SMILES string of the molecule is COCC1CCN(C(=O)Oc2ncc[nH]2)C1. The lowest BCUT2D eigenvalue weighted by molar-refractivity contribution is 0.141. The van der Waals surface area contributed by atoms with Crippen LogP contribution in [0.5, 0.6) is 6.01 Å². The molecule has 1 saturated heterocycles. The van der Waals surface area contributed by atoms with Gasteiger partial charge in [0.15, 0.2) is 0 Å². The summed E-state index contributed by atoms with van der Waals surface area (Å²) in [6, 6.07) is 0.236. The molecular formula is C10H15N3O3. The predicted octanol–water partition coefficient (Wildman–Crippen LogP) is 0.877. The van der Waals surface area contributed by atoms with Gasteiger partial charge in [-0.1, -0.05) is 0 Å². The highest BCUT2D eigenvalue weighted by atomic mass is 16.6. The standard InChI is InChI=1S/C10H15N3O3/c1-15-7-8-2-5-13(6-8)10(14)16-9-11-3-4-12-9/h3-4,8H,2,5-7H2,1H3,(H,11,12). The number of H-pyrrole nitrogens is 1. The van der Waals surface area contributed by atoms with E-state index in [0.717, 1.165) is 6.42 Å². The first-order valence-corrected chi connectivity index (χ1v) is 5.24. The van der Waals surface area contributed by atoms with Crippen molar-refractivity contribution in [3.63, 3.8) is 0 Å². The monoisotopic (exact) mass is 225 g/mol. The van der Waals surface area contributed by atoms with Gasteiger partial charge in [-0.2, -0.15) is 0 Å². The molecule has 0 bridgehead atoms. The van der Waals surface area contributed by atoms with Gasteiger partial charge in [0, 0.05) is 38.5 Å². The molecule has 0 saturated carbocycles. The van der Waals surface area contributed by atoms with Crippen LogP contribution >= 0.6 is 0 Å². The van der Waals surface area contributed by atoms with E-state index in [4.69, 9.17) is 9.47 Å². The molecule has 1 N–H and O–H groups in total. The normalized spacial score (nSPS) is 20.1. The van der Waals surface area contributed by atoms with E-state index in [1.165, 1.54) is 0 Å². The lowest BCUT2D eigenvalue weighted by Gasteiger charge is -2.14. The van der Waals surface area contributed by atoms with Crippen LogP contribution in [0.15, 0.2) is 12.4 Å². The van der Waals surface area contributed by atoms with Crippen LogP contribution in [-0.2, 0) is 4.74 Å². The number of imidazole rings is 1. The number of amides is 1. The van der Waals surface area contributed by atoms with E-state index in [0.29, 0.717) is 25.6 Å². The van der Waals surface area contributed by atoms with E-state index >= 15 is 0 Å². The minimum atomic E-state index is -0.353. The number of hydrogen-bond donors (Lipinski definition) is 1. The topological polar surface area (TPSA) is 67.4 Å². The summed E-state index contributed by atoms with van der Waals surface area (Å²) in [6.45, 7) is 2.09. The third kappa shape index (κ3) is 2.52. The number of aromatic nitrogens is 2. The van der Waals surface area contributed by atoms with Crippen LogP contribution in [0.2, 0.25) is 0 Å². The van der Waals surface area contributed by atoms with Gasteiger partial charge in [0.2, 0.25) is 0 Å². The summed E-state index contributed by atoms with van der Waals surface area (Å²) in [6.07, 6.45) is 3.76. The van der Waals surface area contributed by atoms with Crippen molar-refractivity contribution in [2.45, 2.75) is 6.42 Å². The Balaban J connectivity index is 1.83. The number of aromatic amines is 1. The molecule has 2 heterocycles. The Hall–Kier alpha value is -1.56. The van der Waals surface area contributed by atoms with Crippen LogP contribution in [0.25, 0.3) is 0 Å². The zero-order chi connectivity index (χ0) is 11.4. The average Bonchev–Trinajstić information content (AvgIpc) is 2.89. The van der Waals surface area contributed by atoms with Crippen molar-refractivity contribution in [1.29, 1.82) is 0 Å². The minimum absolute atomic E-state index is 0.236. The van der Waals surface area contributed by atoms with Crippen molar-refractivity contribution in [2.24, 2.45) is 5.92 Å². The third-order valence-corrected chi connectivity index (χ3v) is 2.60. The lowest BCUT2D eigenvalue weighted by atomic mass is 10.1. The smallest absolute Gasteiger partial charge is 0.384 e. The maximum absolute atomic E-state index is 11.7. The molecule has 1 aliphatic heterocycles. The lowest BCUT2D eigenvalue weighted by Crippen LogP contribution is -2.32. The summed E-state index contributed by atoms with van der Waals surface area (Å²) in [7, 11) is 1.67. The minimum Gasteiger partial charge on any atom is -0.384 e. The van der Waals surface area contributed by atoms with Gasteiger partial charge in [0.1, 0.15) is 0 Å². The fourth-order valence-electron chi connectivity index (χ4n) is 1.82. The maximum Gasteiger partial charge on any atom is 0.417 e. The second-order valence-electron chi connectivity index (χ2n) is 3.82. The third-order valence-electron chi connectivity index (χ3n) is 2.60. The Morgan fingerprint density at radius 3 is 3.31 bits per heavy atom. The van der Waals surface area contributed by atoms with Crippen molar-refractivity contribution < 1.29 is 14.3 Å². The van der Waals surface area contributed by atoms with Crippen LogP contribution in [0.3, 0.4) is 0 Å².